The second-order valence-corrected chi connectivity index (χ2v) is 6.81. The smallest absolute Gasteiger partial charge is 0.258 e. The number of aromatic nitrogens is 1. The van der Waals surface area contributed by atoms with Gasteiger partial charge in [-0.1, -0.05) is 11.6 Å². The molecule has 1 N–H and O–H groups in total. The Morgan fingerprint density at radius 3 is 2.78 bits per heavy atom. The van der Waals surface area contributed by atoms with E-state index in [1.54, 1.807) is 16.8 Å². The van der Waals surface area contributed by atoms with E-state index in [0.29, 0.717) is 11.7 Å². The first-order valence-electron chi connectivity index (χ1n) is 5.78. The van der Waals surface area contributed by atoms with Gasteiger partial charge in [0.2, 0.25) is 0 Å². The molecule has 5 nitrogen and oxygen atoms in total. The fourth-order valence-electron chi connectivity index (χ4n) is 2.04. The Labute approximate surface area is 111 Å². The van der Waals surface area contributed by atoms with Gasteiger partial charge in [-0.25, -0.2) is 13.1 Å². The van der Waals surface area contributed by atoms with Crippen LogP contribution in [-0.4, -0.2) is 31.0 Å². The molecule has 1 saturated carbocycles. The average molecular weight is 288 g/mol. The summed E-state index contributed by atoms with van der Waals surface area (Å²) >= 11 is 6.07. The zero-order chi connectivity index (χ0) is 12.9. The molecular formula is C11H14ClN3O2S. The number of nitrogens with one attached hydrogen (secondary N) is 1. The molecule has 1 aromatic rings. The predicted octanol–water partition coefficient (Wildman–Crippen LogP) is 1.42. The Morgan fingerprint density at radius 2 is 2.11 bits per heavy atom. The molecule has 18 heavy (non-hydrogen) atoms. The number of sulfonamides is 1. The maximum absolute atomic E-state index is 12.3. The monoisotopic (exact) mass is 287 g/mol. The minimum Gasteiger partial charge on any atom is -0.372 e. The topological polar surface area (TPSA) is 54.3 Å². The third-order valence-electron chi connectivity index (χ3n) is 3.05. The van der Waals surface area contributed by atoms with E-state index in [4.69, 9.17) is 11.6 Å². The van der Waals surface area contributed by atoms with Crippen LogP contribution in [-0.2, 0) is 16.6 Å². The van der Waals surface area contributed by atoms with Gasteiger partial charge in [0.25, 0.3) is 10.0 Å². The van der Waals surface area contributed by atoms with Gasteiger partial charge in [-0.15, -0.1) is 0 Å². The van der Waals surface area contributed by atoms with Crippen LogP contribution in [0.3, 0.4) is 0 Å². The van der Waals surface area contributed by atoms with Crippen molar-refractivity contribution in [3.8, 4) is 0 Å². The van der Waals surface area contributed by atoms with Crippen LogP contribution < -0.4 is 4.72 Å². The third-order valence-corrected chi connectivity index (χ3v) is 4.83. The van der Waals surface area contributed by atoms with Gasteiger partial charge in [0.05, 0.1) is 6.54 Å². The van der Waals surface area contributed by atoms with Crippen LogP contribution in [0.1, 0.15) is 18.5 Å². The van der Waals surface area contributed by atoms with Gasteiger partial charge < -0.3 is 4.90 Å². The standard InChI is InChI=1S/C11H14ClN3O2S/c1-14-6-9-4-5-10(12)15(9)11(7-14)18(16,17)13-8-2-3-8/h4-5,7-8,13H,2-3,6H2,1H3. The SMILES string of the molecule is CN1C=C(S(=O)(=O)NC2CC2)n2c(Cl)ccc2C1. The summed E-state index contributed by atoms with van der Waals surface area (Å²) in [5.74, 6) is 0. The maximum Gasteiger partial charge on any atom is 0.258 e. The van der Waals surface area contributed by atoms with Crippen LogP contribution in [0.2, 0.25) is 5.15 Å². The number of halogens is 1. The van der Waals surface area contributed by atoms with Crippen molar-refractivity contribution in [1.29, 1.82) is 0 Å². The summed E-state index contributed by atoms with van der Waals surface area (Å²) in [7, 11) is -1.67. The molecule has 3 rings (SSSR count). The zero-order valence-corrected chi connectivity index (χ0v) is 11.5. The number of rotatable bonds is 3. The molecule has 0 amide bonds. The first-order chi connectivity index (χ1) is 8.47. The minimum atomic E-state index is -3.51. The Morgan fingerprint density at radius 1 is 1.39 bits per heavy atom. The lowest BCUT2D eigenvalue weighted by Crippen LogP contribution is -2.32. The quantitative estimate of drug-likeness (QED) is 0.915. The molecule has 2 heterocycles. The van der Waals surface area contributed by atoms with Crippen LogP contribution in [0.4, 0.5) is 0 Å². The number of hydrogen-bond donors (Lipinski definition) is 1. The van der Waals surface area contributed by atoms with Crippen LogP contribution in [0.15, 0.2) is 18.3 Å². The fraction of sp³-hybridized carbons (Fsp3) is 0.455. The molecule has 0 radical (unpaired) electrons. The molecule has 1 aliphatic heterocycles. The van der Waals surface area contributed by atoms with E-state index in [0.717, 1.165) is 18.5 Å². The van der Waals surface area contributed by atoms with Gasteiger partial charge in [0.1, 0.15) is 5.15 Å². The van der Waals surface area contributed by atoms with Gasteiger partial charge in [-0.3, -0.25) is 4.57 Å². The van der Waals surface area contributed by atoms with Gasteiger partial charge in [0.15, 0.2) is 5.03 Å². The molecule has 0 saturated heterocycles. The maximum atomic E-state index is 12.3. The van der Waals surface area contributed by atoms with E-state index >= 15 is 0 Å². The highest BCUT2D eigenvalue weighted by molar-refractivity contribution is 7.98. The van der Waals surface area contributed by atoms with Crippen molar-refractivity contribution in [3.63, 3.8) is 0 Å². The molecule has 0 bridgehead atoms. The highest BCUT2D eigenvalue weighted by Crippen LogP contribution is 2.30. The molecule has 1 aromatic heterocycles. The van der Waals surface area contributed by atoms with E-state index in [2.05, 4.69) is 4.72 Å². The van der Waals surface area contributed by atoms with Crippen molar-refractivity contribution in [3.05, 3.63) is 29.2 Å². The van der Waals surface area contributed by atoms with Crippen molar-refractivity contribution >= 4 is 26.7 Å². The Bertz CT molecular complexity index is 616. The molecule has 0 spiro atoms. The average Bonchev–Trinajstić information content (AvgIpc) is 3.01. The predicted molar refractivity (Wildman–Crippen MR) is 70.3 cm³/mol. The second-order valence-electron chi connectivity index (χ2n) is 4.76. The van der Waals surface area contributed by atoms with E-state index in [1.807, 2.05) is 18.0 Å². The Hall–Kier alpha value is -0.980. The van der Waals surface area contributed by atoms with Crippen LogP contribution >= 0.6 is 11.6 Å². The van der Waals surface area contributed by atoms with Gasteiger partial charge in [0, 0.05) is 25.0 Å². The van der Waals surface area contributed by atoms with Crippen molar-refractivity contribution < 1.29 is 8.42 Å². The minimum absolute atomic E-state index is 0.0842. The molecule has 0 aromatic carbocycles. The van der Waals surface area contributed by atoms with Gasteiger partial charge >= 0.3 is 0 Å². The van der Waals surface area contributed by atoms with E-state index in [-0.39, 0.29) is 11.1 Å². The lowest BCUT2D eigenvalue weighted by Gasteiger charge is -2.25. The van der Waals surface area contributed by atoms with E-state index < -0.39 is 10.0 Å². The van der Waals surface area contributed by atoms with Crippen molar-refractivity contribution in [2.24, 2.45) is 0 Å². The van der Waals surface area contributed by atoms with E-state index in [1.165, 1.54) is 0 Å². The Kier molecular flexibility index (Phi) is 2.69. The van der Waals surface area contributed by atoms with Crippen LogP contribution in [0, 0.1) is 0 Å². The largest absolute Gasteiger partial charge is 0.372 e. The summed E-state index contributed by atoms with van der Waals surface area (Å²) in [6.07, 6.45) is 3.44. The summed E-state index contributed by atoms with van der Waals surface area (Å²) in [5.41, 5.74) is 0.876. The second kappa shape index (κ2) is 4.01. The molecule has 0 unspecified atom stereocenters. The molecule has 98 valence electrons. The summed E-state index contributed by atoms with van der Waals surface area (Å²) in [6, 6.07) is 3.65. The summed E-state index contributed by atoms with van der Waals surface area (Å²) in [4.78, 5) is 1.84. The van der Waals surface area contributed by atoms with Crippen molar-refractivity contribution in [2.75, 3.05) is 7.05 Å². The summed E-state index contributed by atoms with van der Waals surface area (Å²) in [5, 5.41) is 0.624. The van der Waals surface area contributed by atoms with Crippen LogP contribution in [0.5, 0.6) is 0 Å². The normalized spacial score (nSPS) is 19.7. The lowest BCUT2D eigenvalue weighted by molar-refractivity contribution is 0.429. The molecule has 0 atom stereocenters. The van der Waals surface area contributed by atoms with Crippen molar-refractivity contribution in [2.45, 2.75) is 25.4 Å². The molecule has 2 aliphatic rings. The van der Waals surface area contributed by atoms with Crippen LogP contribution in [0.25, 0.3) is 5.03 Å². The molecule has 7 heteroatoms. The van der Waals surface area contributed by atoms with E-state index in [9.17, 15) is 8.42 Å². The van der Waals surface area contributed by atoms with Gasteiger partial charge in [-0.05, 0) is 25.0 Å². The van der Waals surface area contributed by atoms with Crippen molar-refractivity contribution in [1.82, 2.24) is 14.2 Å². The highest BCUT2D eigenvalue weighted by Gasteiger charge is 2.33. The summed E-state index contributed by atoms with van der Waals surface area (Å²) in [6.45, 7) is 0.648. The first-order valence-corrected chi connectivity index (χ1v) is 7.64. The fourth-order valence-corrected chi connectivity index (χ4v) is 3.92. The molecular weight excluding hydrogens is 274 g/mol. The highest BCUT2D eigenvalue weighted by atomic mass is 35.5. The Balaban J connectivity index is 2.06. The zero-order valence-electron chi connectivity index (χ0n) is 9.93. The molecule has 1 aliphatic carbocycles. The number of fused-ring (bicyclic) bond motifs is 1. The number of nitrogens with zero attached hydrogens (tertiary/aromatic N) is 2. The molecule has 1 fully saturated rings. The third kappa shape index (κ3) is 2.04. The summed E-state index contributed by atoms with van der Waals surface area (Å²) < 4.78 is 28.9. The first kappa shape index (κ1) is 12.1. The lowest BCUT2D eigenvalue weighted by atomic mass is 10.4. The number of hydrogen-bond acceptors (Lipinski definition) is 3. The van der Waals surface area contributed by atoms with Gasteiger partial charge in [-0.2, -0.15) is 0 Å².